The molecular weight excluding hydrogens is 414 g/mol. The molecular formula is C25H27N7O. The quantitative estimate of drug-likeness (QED) is 0.256. The molecule has 0 saturated heterocycles. The minimum absolute atomic E-state index is 0.0158. The molecule has 1 fully saturated rings. The topological polar surface area (TPSA) is 128 Å². The van der Waals surface area contributed by atoms with E-state index < -0.39 is 0 Å². The van der Waals surface area contributed by atoms with Crippen molar-refractivity contribution >= 4 is 22.8 Å². The van der Waals surface area contributed by atoms with Crippen molar-refractivity contribution in [3.8, 4) is 16.9 Å². The van der Waals surface area contributed by atoms with Gasteiger partial charge in [-0.05, 0) is 42.0 Å². The minimum atomic E-state index is 0.0158. The summed E-state index contributed by atoms with van der Waals surface area (Å²) >= 11 is 0. The first kappa shape index (κ1) is 20.8. The Hall–Kier alpha value is -4.07. The Morgan fingerprint density at radius 3 is 2.73 bits per heavy atom. The molecule has 0 spiro atoms. The van der Waals surface area contributed by atoms with Crippen LogP contribution in [0.4, 0.5) is 5.82 Å². The summed E-state index contributed by atoms with van der Waals surface area (Å²) in [5.74, 6) is 1.76. The van der Waals surface area contributed by atoms with Crippen molar-refractivity contribution < 1.29 is 4.74 Å². The zero-order valence-corrected chi connectivity index (χ0v) is 18.2. The number of ether oxygens (including phenoxy) is 1. The third-order valence-corrected chi connectivity index (χ3v) is 6.22. The van der Waals surface area contributed by atoms with Crippen LogP contribution in [-0.4, -0.2) is 27.0 Å². The summed E-state index contributed by atoms with van der Waals surface area (Å²) in [6.07, 6.45) is 5.64. The number of nitrogen functional groups attached to an aromatic ring is 1. The molecule has 5 rings (SSSR count). The van der Waals surface area contributed by atoms with E-state index in [1.54, 1.807) is 0 Å². The molecule has 0 bridgehead atoms. The lowest BCUT2D eigenvalue weighted by molar-refractivity contribution is 0.203. The second-order valence-electron chi connectivity index (χ2n) is 8.50. The van der Waals surface area contributed by atoms with E-state index in [4.69, 9.17) is 21.6 Å². The molecule has 2 aromatic heterocycles. The number of nitrogens with two attached hydrogens (primary N) is 2. The molecule has 1 saturated carbocycles. The van der Waals surface area contributed by atoms with Crippen LogP contribution in [0.2, 0.25) is 0 Å². The van der Waals surface area contributed by atoms with E-state index >= 15 is 0 Å². The van der Waals surface area contributed by atoms with Gasteiger partial charge in [0.25, 0.3) is 0 Å². The third kappa shape index (κ3) is 4.32. The van der Waals surface area contributed by atoms with Gasteiger partial charge in [0.2, 0.25) is 0 Å². The van der Waals surface area contributed by atoms with Crippen LogP contribution in [0.5, 0.6) is 5.75 Å². The first-order valence-corrected chi connectivity index (χ1v) is 11.0. The Morgan fingerprint density at radius 1 is 1.12 bits per heavy atom. The second-order valence-corrected chi connectivity index (χ2v) is 8.50. The van der Waals surface area contributed by atoms with Crippen molar-refractivity contribution in [1.29, 1.82) is 5.41 Å². The Labute approximate surface area is 192 Å². The number of aromatic nitrogens is 3. The summed E-state index contributed by atoms with van der Waals surface area (Å²) in [6.45, 7) is 1.23. The second kappa shape index (κ2) is 8.82. The van der Waals surface area contributed by atoms with Gasteiger partial charge in [-0.1, -0.05) is 42.5 Å². The molecule has 8 nitrogen and oxygen atoms in total. The summed E-state index contributed by atoms with van der Waals surface area (Å²) in [5, 5.41) is 11.1. The van der Waals surface area contributed by atoms with Crippen molar-refractivity contribution in [3.05, 3.63) is 72.7 Å². The number of nitrogens with zero attached hydrogens (tertiary/aromatic N) is 3. The molecule has 33 heavy (non-hydrogen) atoms. The van der Waals surface area contributed by atoms with E-state index in [0.29, 0.717) is 24.4 Å². The lowest BCUT2D eigenvalue weighted by Gasteiger charge is -2.36. The van der Waals surface area contributed by atoms with Gasteiger partial charge in [-0.25, -0.2) is 9.97 Å². The van der Waals surface area contributed by atoms with Crippen LogP contribution >= 0.6 is 0 Å². The average Bonchev–Trinajstić information content (AvgIpc) is 3.18. The highest BCUT2D eigenvalue weighted by molar-refractivity contribution is 6.00. The molecule has 6 N–H and O–H groups in total. The third-order valence-electron chi connectivity index (χ3n) is 6.22. The molecule has 0 amide bonds. The van der Waals surface area contributed by atoms with Crippen LogP contribution in [0.1, 0.15) is 24.4 Å². The summed E-state index contributed by atoms with van der Waals surface area (Å²) in [7, 11) is 0. The van der Waals surface area contributed by atoms with Crippen LogP contribution in [0.3, 0.4) is 0 Å². The van der Waals surface area contributed by atoms with Crippen molar-refractivity contribution in [2.75, 3.05) is 12.3 Å². The fourth-order valence-corrected chi connectivity index (χ4v) is 4.45. The standard InChI is InChI=1S/C25H27N7O/c26-23-22-21(18-7-4-8-20(11-18)33-14-16-5-2-1-3-6-16)13-32(24(22)31-15-30-23)19-9-17(10-19)12-29-25(27)28/h1-8,11,13,15,17,19H,9-10,12,14H2,(H2,26,30,31)(H4,27,28,29)/t17-,19+. The van der Waals surface area contributed by atoms with E-state index in [1.807, 2.05) is 48.5 Å². The highest BCUT2D eigenvalue weighted by atomic mass is 16.5. The van der Waals surface area contributed by atoms with Gasteiger partial charge in [0.15, 0.2) is 5.96 Å². The number of nitrogens with one attached hydrogen (secondary N) is 2. The van der Waals surface area contributed by atoms with E-state index in [-0.39, 0.29) is 5.96 Å². The molecule has 0 radical (unpaired) electrons. The van der Waals surface area contributed by atoms with Gasteiger partial charge < -0.3 is 26.1 Å². The molecule has 1 aliphatic carbocycles. The molecule has 1 aliphatic rings. The number of fused-ring (bicyclic) bond motifs is 1. The van der Waals surface area contributed by atoms with Crippen molar-refractivity contribution in [2.24, 2.45) is 11.7 Å². The average molecular weight is 442 g/mol. The van der Waals surface area contributed by atoms with Crippen LogP contribution in [0.15, 0.2) is 67.1 Å². The fraction of sp³-hybridized carbons (Fsp3) is 0.240. The Morgan fingerprint density at radius 2 is 1.94 bits per heavy atom. The van der Waals surface area contributed by atoms with E-state index in [1.165, 1.54) is 6.33 Å². The van der Waals surface area contributed by atoms with Crippen LogP contribution in [0, 0.1) is 11.3 Å². The maximum Gasteiger partial charge on any atom is 0.185 e. The lowest BCUT2D eigenvalue weighted by atomic mass is 9.80. The van der Waals surface area contributed by atoms with Gasteiger partial charge in [0.05, 0.1) is 5.39 Å². The van der Waals surface area contributed by atoms with Crippen LogP contribution in [-0.2, 0) is 6.61 Å². The molecule has 2 aromatic carbocycles. The number of hydrogen-bond acceptors (Lipinski definition) is 5. The molecule has 8 heteroatoms. The normalized spacial score (nSPS) is 17.5. The van der Waals surface area contributed by atoms with Gasteiger partial charge in [0, 0.05) is 24.3 Å². The Bertz CT molecular complexity index is 1280. The predicted octanol–water partition coefficient (Wildman–Crippen LogP) is 3.69. The smallest absolute Gasteiger partial charge is 0.185 e. The highest BCUT2D eigenvalue weighted by Gasteiger charge is 2.32. The van der Waals surface area contributed by atoms with Crippen molar-refractivity contribution in [2.45, 2.75) is 25.5 Å². The minimum Gasteiger partial charge on any atom is -0.489 e. The number of rotatable bonds is 7. The first-order chi connectivity index (χ1) is 16.1. The summed E-state index contributed by atoms with van der Waals surface area (Å²) < 4.78 is 8.25. The number of hydrogen-bond donors (Lipinski definition) is 4. The summed E-state index contributed by atoms with van der Waals surface area (Å²) in [4.78, 5) is 8.81. The SMILES string of the molecule is N=C(N)NC[C@H]1C[C@@H](n2cc(-c3cccc(OCc4ccccc4)c3)c3c(N)ncnc32)C1. The molecule has 2 heterocycles. The predicted molar refractivity (Wildman–Crippen MR) is 130 cm³/mol. The molecule has 0 unspecified atom stereocenters. The van der Waals surface area contributed by atoms with Gasteiger partial charge >= 0.3 is 0 Å². The molecule has 0 atom stereocenters. The zero-order valence-electron chi connectivity index (χ0n) is 18.2. The van der Waals surface area contributed by atoms with Gasteiger partial charge in [-0.3, -0.25) is 5.41 Å². The Kier molecular flexibility index (Phi) is 5.56. The highest BCUT2D eigenvalue weighted by Crippen LogP contribution is 2.42. The number of benzene rings is 2. The molecule has 168 valence electrons. The summed E-state index contributed by atoms with van der Waals surface area (Å²) in [5.41, 5.74) is 15.7. The number of anilines is 1. The van der Waals surface area contributed by atoms with E-state index in [0.717, 1.165) is 52.9 Å². The van der Waals surface area contributed by atoms with Gasteiger partial charge in [-0.15, -0.1) is 0 Å². The van der Waals surface area contributed by atoms with Crippen LogP contribution < -0.4 is 21.5 Å². The van der Waals surface area contributed by atoms with Gasteiger partial charge in [0.1, 0.15) is 30.1 Å². The molecule has 4 aromatic rings. The summed E-state index contributed by atoms with van der Waals surface area (Å²) in [6, 6.07) is 18.5. The first-order valence-electron chi connectivity index (χ1n) is 11.0. The number of guanidine groups is 1. The fourth-order valence-electron chi connectivity index (χ4n) is 4.45. The molecule has 0 aliphatic heterocycles. The maximum atomic E-state index is 7.35. The monoisotopic (exact) mass is 441 g/mol. The van der Waals surface area contributed by atoms with Crippen molar-refractivity contribution in [1.82, 2.24) is 19.9 Å². The van der Waals surface area contributed by atoms with E-state index in [2.05, 4.69) is 32.1 Å². The van der Waals surface area contributed by atoms with Crippen molar-refractivity contribution in [3.63, 3.8) is 0 Å². The zero-order chi connectivity index (χ0) is 22.8. The van der Waals surface area contributed by atoms with E-state index in [9.17, 15) is 0 Å². The maximum absolute atomic E-state index is 7.35. The Balaban J connectivity index is 1.41. The van der Waals surface area contributed by atoms with Crippen LogP contribution in [0.25, 0.3) is 22.2 Å². The lowest BCUT2D eigenvalue weighted by Crippen LogP contribution is -2.39. The van der Waals surface area contributed by atoms with Gasteiger partial charge in [-0.2, -0.15) is 0 Å². The largest absolute Gasteiger partial charge is 0.489 e.